The van der Waals surface area contributed by atoms with E-state index in [0.29, 0.717) is 25.5 Å². The molecule has 21 heavy (non-hydrogen) atoms. The Kier molecular flexibility index (Phi) is 6.92. The average Bonchev–Trinajstić information content (AvgIpc) is 2.99. The van der Waals surface area contributed by atoms with Gasteiger partial charge in [0.05, 0.1) is 19.3 Å². The molecular formula is C16H24FNO3. The maximum Gasteiger partial charge on any atom is 0.165 e. The van der Waals surface area contributed by atoms with Crippen LogP contribution in [0.2, 0.25) is 0 Å². The summed E-state index contributed by atoms with van der Waals surface area (Å²) in [7, 11) is 1.66. The topological polar surface area (TPSA) is 39.7 Å². The number of rotatable bonds is 9. The highest BCUT2D eigenvalue weighted by atomic mass is 19.1. The molecule has 1 atom stereocenters. The van der Waals surface area contributed by atoms with Crippen LogP contribution in [0, 0.1) is 5.82 Å². The van der Waals surface area contributed by atoms with Crippen LogP contribution in [0.3, 0.4) is 0 Å². The minimum atomic E-state index is -0.312. The Morgan fingerprint density at radius 2 is 2.29 bits per heavy atom. The van der Waals surface area contributed by atoms with E-state index in [9.17, 15) is 4.39 Å². The fourth-order valence-electron chi connectivity index (χ4n) is 2.35. The number of hydrogen-bond acceptors (Lipinski definition) is 4. The van der Waals surface area contributed by atoms with E-state index in [2.05, 4.69) is 5.32 Å². The van der Waals surface area contributed by atoms with Crippen molar-refractivity contribution in [2.45, 2.75) is 31.9 Å². The van der Waals surface area contributed by atoms with E-state index in [1.54, 1.807) is 13.2 Å². The Hall–Kier alpha value is -1.17. The SMILES string of the molecule is COCCNCc1ccc(OCCC2CCCO2)c(F)c1. The van der Waals surface area contributed by atoms with Crippen molar-refractivity contribution in [1.82, 2.24) is 5.32 Å². The molecule has 1 aromatic carbocycles. The highest BCUT2D eigenvalue weighted by molar-refractivity contribution is 5.29. The van der Waals surface area contributed by atoms with Gasteiger partial charge in [0, 0.05) is 33.2 Å². The molecule has 0 aliphatic carbocycles. The molecule has 0 radical (unpaired) electrons. The Bertz CT molecular complexity index is 422. The van der Waals surface area contributed by atoms with Gasteiger partial charge in [-0.15, -0.1) is 0 Å². The number of hydrogen-bond donors (Lipinski definition) is 1. The number of benzene rings is 1. The lowest BCUT2D eigenvalue weighted by Gasteiger charge is -2.12. The smallest absolute Gasteiger partial charge is 0.165 e. The van der Waals surface area contributed by atoms with Crippen molar-refractivity contribution in [1.29, 1.82) is 0 Å². The van der Waals surface area contributed by atoms with Crippen LogP contribution in [0.1, 0.15) is 24.8 Å². The van der Waals surface area contributed by atoms with Crippen LogP contribution >= 0.6 is 0 Å². The summed E-state index contributed by atoms with van der Waals surface area (Å²) in [6.07, 6.45) is 3.29. The lowest BCUT2D eigenvalue weighted by Crippen LogP contribution is -2.18. The Balaban J connectivity index is 1.73. The van der Waals surface area contributed by atoms with E-state index in [-0.39, 0.29) is 11.9 Å². The number of halogens is 1. The molecular weight excluding hydrogens is 273 g/mol. The van der Waals surface area contributed by atoms with E-state index in [1.807, 2.05) is 6.07 Å². The molecule has 1 N–H and O–H groups in total. The van der Waals surface area contributed by atoms with Crippen LogP contribution in [0.25, 0.3) is 0 Å². The largest absolute Gasteiger partial charge is 0.490 e. The predicted molar refractivity (Wildman–Crippen MR) is 79.1 cm³/mol. The lowest BCUT2D eigenvalue weighted by molar-refractivity contribution is 0.0897. The summed E-state index contributed by atoms with van der Waals surface area (Å²) < 4.78 is 29.9. The van der Waals surface area contributed by atoms with E-state index in [1.165, 1.54) is 6.07 Å². The summed E-state index contributed by atoms with van der Waals surface area (Å²) in [5, 5.41) is 3.18. The van der Waals surface area contributed by atoms with Gasteiger partial charge in [0.25, 0.3) is 0 Å². The predicted octanol–water partition coefficient (Wildman–Crippen LogP) is 2.51. The molecule has 1 fully saturated rings. The second-order valence-electron chi connectivity index (χ2n) is 5.21. The fourth-order valence-corrected chi connectivity index (χ4v) is 2.35. The van der Waals surface area contributed by atoms with Gasteiger partial charge < -0.3 is 19.5 Å². The first kappa shape index (κ1) is 16.2. The first-order valence-electron chi connectivity index (χ1n) is 7.52. The zero-order valence-corrected chi connectivity index (χ0v) is 12.6. The summed E-state index contributed by atoms with van der Waals surface area (Å²) >= 11 is 0. The van der Waals surface area contributed by atoms with Crippen molar-refractivity contribution in [3.63, 3.8) is 0 Å². The highest BCUT2D eigenvalue weighted by Crippen LogP contribution is 2.20. The van der Waals surface area contributed by atoms with E-state index >= 15 is 0 Å². The second-order valence-corrected chi connectivity index (χ2v) is 5.21. The third-order valence-electron chi connectivity index (χ3n) is 3.53. The Morgan fingerprint density at radius 1 is 1.38 bits per heavy atom. The number of ether oxygens (including phenoxy) is 3. The second kappa shape index (κ2) is 8.97. The van der Waals surface area contributed by atoms with Gasteiger partial charge in [0.15, 0.2) is 11.6 Å². The van der Waals surface area contributed by atoms with E-state index < -0.39 is 0 Å². The van der Waals surface area contributed by atoms with Crippen LogP contribution < -0.4 is 10.1 Å². The van der Waals surface area contributed by atoms with Crippen LogP contribution in [0.15, 0.2) is 18.2 Å². The molecule has 0 aromatic heterocycles. The average molecular weight is 297 g/mol. The molecule has 0 amide bonds. The van der Waals surface area contributed by atoms with Gasteiger partial charge in [0.2, 0.25) is 0 Å². The van der Waals surface area contributed by atoms with Crippen LogP contribution in [0.4, 0.5) is 4.39 Å². The minimum Gasteiger partial charge on any atom is -0.490 e. The molecule has 0 saturated carbocycles. The lowest BCUT2D eigenvalue weighted by atomic mass is 10.2. The van der Waals surface area contributed by atoms with Crippen LogP contribution in [0.5, 0.6) is 5.75 Å². The molecule has 1 unspecified atom stereocenters. The first-order valence-corrected chi connectivity index (χ1v) is 7.52. The molecule has 0 spiro atoms. The minimum absolute atomic E-state index is 0.275. The maximum absolute atomic E-state index is 13.9. The van der Waals surface area contributed by atoms with Gasteiger partial charge in [-0.3, -0.25) is 0 Å². The van der Waals surface area contributed by atoms with Crippen LogP contribution in [-0.2, 0) is 16.0 Å². The monoisotopic (exact) mass is 297 g/mol. The molecule has 118 valence electrons. The molecule has 1 aliphatic heterocycles. The fraction of sp³-hybridized carbons (Fsp3) is 0.625. The van der Waals surface area contributed by atoms with Gasteiger partial charge in [-0.05, 0) is 30.5 Å². The van der Waals surface area contributed by atoms with E-state index in [0.717, 1.165) is 38.0 Å². The molecule has 4 nitrogen and oxygen atoms in total. The molecule has 2 rings (SSSR count). The molecule has 1 aliphatic rings. The van der Waals surface area contributed by atoms with Gasteiger partial charge in [-0.2, -0.15) is 0 Å². The van der Waals surface area contributed by atoms with E-state index in [4.69, 9.17) is 14.2 Å². The molecule has 1 aromatic rings. The third kappa shape index (κ3) is 5.61. The molecule has 1 heterocycles. The van der Waals surface area contributed by atoms with Crippen LogP contribution in [-0.4, -0.2) is 39.6 Å². The number of nitrogens with one attached hydrogen (secondary N) is 1. The van der Waals surface area contributed by atoms with Gasteiger partial charge in [0.1, 0.15) is 0 Å². The maximum atomic E-state index is 13.9. The quantitative estimate of drug-likeness (QED) is 0.711. The van der Waals surface area contributed by atoms with Crippen molar-refractivity contribution in [3.8, 4) is 5.75 Å². The summed E-state index contributed by atoms with van der Waals surface area (Å²) in [6.45, 7) is 3.35. The summed E-state index contributed by atoms with van der Waals surface area (Å²) in [5.74, 6) is 0.00187. The Morgan fingerprint density at radius 3 is 3.00 bits per heavy atom. The zero-order valence-electron chi connectivity index (χ0n) is 12.6. The molecule has 5 heteroatoms. The number of methoxy groups -OCH3 is 1. The van der Waals surface area contributed by atoms with Gasteiger partial charge in [-0.1, -0.05) is 6.07 Å². The Labute approximate surface area is 125 Å². The molecule has 0 bridgehead atoms. The summed E-state index contributed by atoms with van der Waals surface area (Å²) in [5.41, 5.74) is 0.898. The standard InChI is InChI=1S/C16H24FNO3/c1-19-10-7-18-12-13-4-5-16(15(17)11-13)21-9-6-14-3-2-8-20-14/h4-5,11,14,18H,2-3,6-10,12H2,1H3. The van der Waals surface area contributed by atoms with Crippen molar-refractivity contribution in [2.24, 2.45) is 0 Å². The normalized spacial score (nSPS) is 18.1. The van der Waals surface area contributed by atoms with Gasteiger partial charge >= 0.3 is 0 Å². The summed E-state index contributed by atoms with van der Waals surface area (Å²) in [6, 6.07) is 5.09. The van der Waals surface area contributed by atoms with Gasteiger partial charge in [-0.25, -0.2) is 4.39 Å². The zero-order chi connectivity index (χ0) is 14.9. The first-order chi connectivity index (χ1) is 10.3. The highest BCUT2D eigenvalue weighted by Gasteiger charge is 2.15. The third-order valence-corrected chi connectivity index (χ3v) is 3.53. The van der Waals surface area contributed by atoms with Crippen molar-refractivity contribution in [3.05, 3.63) is 29.6 Å². The molecule has 1 saturated heterocycles. The van der Waals surface area contributed by atoms with Crippen molar-refractivity contribution in [2.75, 3.05) is 33.5 Å². The van der Waals surface area contributed by atoms with Crippen molar-refractivity contribution < 1.29 is 18.6 Å². The van der Waals surface area contributed by atoms with Crippen molar-refractivity contribution >= 4 is 0 Å². The summed E-state index contributed by atoms with van der Waals surface area (Å²) in [4.78, 5) is 0.